The summed E-state index contributed by atoms with van der Waals surface area (Å²) in [5.41, 5.74) is 5.18. The summed E-state index contributed by atoms with van der Waals surface area (Å²) in [5, 5.41) is 2.74. The van der Waals surface area contributed by atoms with Crippen molar-refractivity contribution < 1.29 is 9.53 Å². The minimum absolute atomic E-state index is 0.107. The summed E-state index contributed by atoms with van der Waals surface area (Å²) in [6.45, 7) is 11.7. The van der Waals surface area contributed by atoms with Gasteiger partial charge in [0.05, 0.1) is 23.9 Å². The van der Waals surface area contributed by atoms with E-state index in [1.165, 1.54) is 60.7 Å². The van der Waals surface area contributed by atoms with Crippen LogP contribution in [0.3, 0.4) is 0 Å². The predicted molar refractivity (Wildman–Crippen MR) is 184 cm³/mol. The van der Waals surface area contributed by atoms with E-state index in [9.17, 15) is 4.79 Å². The molecule has 0 spiro atoms. The smallest absolute Gasteiger partial charge is 0.256 e. The lowest BCUT2D eigenvalue weighted by Crippen LogP contribution is -2.46. The summed E-state index contributed by atoms with van der Waals surface area (Å²) in [6, 6.07) is 21.7. The fraction of sp³-hybridized carbons (Fsp3) is 0.474. The Kier molecular flexibility index (Phi) is 9.17. The molecule has 3 aromatic carbocycles. The Bertz CT molecular complexity index is 1610. The molecule has 0 unspecified atom stereocenters. The second-order valence-electron chi connectivity index (χ2n) is 13.1. The zero-order valence-electron chi connectivity index (χ0n) is 26.8. The zero-order chi connectivity index (χ0) is 30.6. The predicted octanol–water partition coefficient (Wildman–Crippen LogP) is 7.07. The minimum atomic E-state index is 0.107. The van der Waals surface area contributed by atoms with Gasteiger partial charge in [-0.25, -0.2) is 0 Å². The lowest BCUT2D eigenvalue weighted by atomic mass is 10.1. The first kappa shape index (κ1) is 30.0. The largest absolute Gasteiger partial charge is 0.493 e. The Labute approximate surface area is 267 Å². The van der Waals surface area contributed by atoms with Crippen LogP contribution < -0.4 is 4.74 Å². The van der Waals surface area contributed by atoms with Crippen molar-refractivity contribution in [1.29, 1.82) is 0 Å². The zero-order valence-corrected chi connectivity index (χ0v) is 26.8. The number of carbonyl (C=O) groups is 1. The van der Waals surface area contributed by atoms with Crippen molar-refractivity contribution in [2.24, 2.45) is 4.99 Å². The average molecular weight is 606 g/mol. The molecule has 0 aliphatic carbocycles. The van der Waals surface area contributed by atoms with Crippen LogP contribution in [0.15, 0.2) is 65.7 Å². The van der Waals surface area contributed by atoms with E-state index in [0.29, 0.717) is 12.2 Å². The second-order valence-corrected chi connectivity index (χ2v) is 13.1. The van der Waals surface area contributed by atoms with Gasteiger partial charge in [0.1, 0.15) is 5.75 Å². The molecular formula is C38H47N5O2. The molecule has 7 rings (SSSR count). The third-order valence-electron chi connectivity index (χ3n) is 10.1. The number of ether oxygens (including phenoxy) is 1. The number of rotatable bonds is 12. The number of aliphatic imine (C=N–C) groups is 1. The molecule has 0 N–H and O–H groups in total. The fourth-order valence-electron chi connectivity index (χ4n) is 7.51. The molecule has 1 aromatic heterocycles. The van der Waals surface area contributed by atoms with Crippen LogP contribution in [0.1, 0.15) is 60.9 Å². The number of para-hydroxylation sites is 2. The highest BCUT2D eigenvalue weighted by Crippen LogP contribution is 2.34. The van der Waals surface area contributed by atoms with E-state index in [2.05, 4.69) is 67.9 Å². The third kappa shape index (κ3) is 6.52. The summed E-state index contributed by atoms with van der Waals surface area (Å²) in [7, 11) is 0. The maximum absolute atomic E-state index is 13.0. The van der Waals surface area contributed by atoms with Crippen LogP contribution >= 0.6 is 0 Å². The highest BCUT2D eigenvalue weighted by Gasteiger charge is 2.32. The van der Waals surface area contributed by atoms with Crippen molar-refractivity contribution in [3.63, 3.8) is 0 Å². The molecule has 2 fully saturated rings. The molecule has 0 bridgehead atoms. The van der Waals surface area contributed by atoms with Crippen LogP contribution in [0.4, 0.5) is 5.69 Å². The van der Waals surface area contributed by atoms with Gasteiger partial charge in [0.15, 0.2) is 0 Å². The van der Waals surface area contributed by atoms with Crippen LogP contribution in [0, 0.1) is 6.92 Å². The molecule has 7 heteroatoms. The van der Waals surface area contributed by atoms with Gasteiger partial charge in [-0.2, -0.15) is 0 Å². The normalized spacial score (nSPS) is 18.9. The number of aryl methyl sites for hydroxylation is 2. The monoisotopic (exact) mass is 605 g/mol. The topological polar surface area (TPSA) is 53.3 Å². The standard InChI is InChI=1S/C38H47N5O2/c1-29-26-33-34(39-28-30-12-11-20-42(30)38(33)44)27-37(29)45-25-10-9-18-41-23-21-40(22-24-41)17-7-2-8-19-43-35-15-5-3-13-31(35)32-14-4-6-16-36(32)43/h3-6,13-16,26-28,30H,2,7-12,17-25H2,1H3/t30-/m0/s1. The highest BCUT2D eigenvalue weighted by atomic mass is 16.5. The van der Waals surface area contributed by atoms with Crippen LogP contribution in [0.2, 0.25) is 0 Å². The molecule has 3 aliphatic heterocycles. The number of aromatic nitrogens is 1. The van der Waals surface area contributed by atoms with Crippen LogP contribution in [-0.2, 0) is 6.54 Å². The Balaban J connectivity index is 0.788. The fourth-order valence-corrected chi connectivity index (χ4v) is 7.51. The summed E-state index contributed by atoms with van der Waals surface area (Å²) in [4.78, 5) is 24.9. The van der Waals surface area contributed by atoms with Gasteiger partial charge in [0.2, 0.25) is 0 Å². The first-order valence-corrected chi connectivity index (χ1v) is 17.2. The minimum Gasteiger partial charge on any atom is -0.493 e. The number of amides is 1. The van der Waals surface area contributed by atoms with Crippen molar-refractivity contribution in [2.75, 3.05) is 52.4 Å². The Morgan fingerprint density at radius 1 is 0.778 bits per heavy atom. The van der Waals surface area contributed by atoms with Crippen molar-refractivity contribution in [3.8, 4) is 5.75 Å². The maximum Gasteiger partial charge on any atom is 0.256 e. The van der Waals surface area contributed by atoms with Gasteiger partial charge < -0.3 is 24.0 Å². The number of piperazine rings is 1. The van der Waals surface area contributed by atoms with Gasteiger partial charge in [0.25, 0.3) is 5.91 Å². The molecule has 236 valence electrons. The highest BCUT2D eigenvalue weighted by molar-refractivity contribution is 6.08. The van der Waals surface area contributed by atoms with Crippen molar-refractivity contribution in [1.82, 2.24) is 19.3 Å². The number of nitrogens with zero attached hydrogens (tertiary/aromatic N) is 5. The lowest BCUT2D eigenvalue weighted by molar-refractivity contribution is 0.0774. The van der Waals surface area contributed by atoms with Gasteiger partial charge in [-0.3, -0.25) is 9.79 Å². The lowest BCUT2D eigenvalue weighted by Gasteiger charge is -2.34. The molecule has 3 aliphatic rings. The first-order chi connectivity index (χ1) is 22.2. The number of carbonyl (C=O) groups excluding carboxylic acids is 1. The molecule has 2 saturated heterocycles. The molecule has 0 radical (unpaired) electrons. The summed E-state index contributed by atoms with van der Waals surface area (Å²) < 4.78 is 8.70. The molecule has 45 heavy (non-hydrogen) atoms. The average Bonchev–Trinajstić information content (AvgIpc) is 3.64. The van der Waals surface area contributed by atoms with Crippen molar-refractivity contribution >= 4 is 39.6 Å². The summed E-state index contributed by atoms with van der Waals surface area (Å²) >= 11 is 0. The number of hydrogen-bond acceptors (Lipinski definition) is 5. The number of benzene rings is 3. The van der Waals surface area contributed by atoms with E-state index < -0.39 is 0 Å². The Hall–Kier alpha value is -3.68. The SMILES string of the molecule is Cc1cc2c(cc1OCCCCN1CCN(CCCCCn3c4ccccc4c4ccccc43)CC1)N=C[C@@H]1CCCN1C2=O. The van der Waals surface area contributed by atoms with Crippen LogP contribution in [0.5, 0.6) is 5.75 Å². The number of fused-ring (bicyclic) bond motifs is 5. The Morgan fingerprint density at radius 3 is 2.13 bits per heavy atom. The summed E-state index contributed by atoms with van der Waals surface area (Å²) in [6.07, 6.45) is 9.94. The third-order valence-corrected chi connectivity index (χ3v) is 10.1. The molecule has 1 amide bonds. The quantitative estimate of drug-likeness (QED) is 0.162. The van der Waals surface area contributed by atoms with E-state index in [0.717, 1.165) is 75.4 Å². The molecule has 1 atom stereocenters. The molecule has 7 nitrogen and oxygen atoms in total. The van der Waals surface area contributed by atoms with Crippen LogP contribution in [-0.4, -0.2) is 89.9 Å². The van der Waals surface area contributed by atoms with E-state index >= 15 is 0 Å². The molecule has 4 heterocycles. The van der Waals surface area contributed by atoms with Gasteiger partial charge in [0, 0.05) is 73.4 Å². The number of hydrogen-bond donors (Lipinski definition) is 0. The summed E-state index contributed by atoms with van der Waals surface area (Å²) in [5.74, 6) is 0.958. The number of unbranched alkanes of at least 4 members (excludes halogenated alkanes) is 3. The van der Waals surface area contributed by atoms with Crippen molar-refractivity contribution in [3.05, 3.63) is 71.8 Å². The van der Waals surface area contributed by atoms with Gasteiger partial charge >= 0.3 is 0 Å². The van der Waals surface area contributed by atoms with E-state index in [1.807, 2.05) is 30.2 Å². The van der Waals surface area contributed by atoms with Gasteiger partial charge in [-0.1, -0.05) is 42.8 Å². The molecule has 4 aromatic rings. The second kappa shape index (κ2) is 13.8. The molecular weight excluding hydrogens is 558 g/mol. The van der Waals surface area contributed by atoms with Crippen LogP contribution in [0.25, 0.3) is 21.8 Å². The van der Waals surface area contributed by atoms with E-state index in [1.54, 1.807) is 0 Å². The Morgan fingerprint density at radius 2 is 1.42 bits per heavy atom. The first-order valence-electron chi connectivity index (χ1n) is 17.2. The van der Waals surface area contributed by atoms with E-state index in [-0.39, 0.29) is 11.9 Å². The van der Waals surface area contributed by atoms with Gasteiger partial charge in [-0.05, 0) is 82.3 Å². The maximum atomic E-state index is 13.0. The molecule has 0 saturated carbocycles. The van der Waals surface area contributed by atoms with Crippen molar-refractivity contribution in [2.45, 2.75) is 64.5 Å². The van der Waals surface area contributed by atoms with Gasteiger partial charge in [-0.15, -0.1) is 0 Å². The van der Waals surface area contributed by atoms with E-state index in [4.69, 9.17) is 4.74 Å².